The number of hydrogen-bond acceptors (Lipinski definition) is 3. The van der Waals surface area contributed by atoms with Crippen molar-refractivity contribution >= 4 is 11.8 Å². The number of hydrogen-bond donors (Lipinski definition) is 1. The zero-order chi connectivity index (χ0) is 12.7. The minimum absolute atomic E-state index is 0.329. The molecule has 1 aromatic rings. The molecule has 1 rings (SSSR count). The Morgan fingerprint density at radius 1 is 1.41 bits per heavy atom. The largest absolute Gasteiger partial charge is 0.494 e. The Labute approximate surface area is 102 Å². The van der Waals surface area contributed by atoms with E-state index in [4.69, 9.17) is 9.47 Å². The van der Waals surface area contributed by atoms with Gasteiger partial charge in [-0.3, -0.25) is 5.32 Å². The van der Waals surface area contributed by atoms with Crippen LogP contribution >= 0.6 is 0 Å². The second kappa shape index (κ2) is 6.78. The molecule has 0 atom stereocenters. The molecule has 0 radical (unpaired) electrons. The minimum atomic E-state index is -0.438. The van der Waals surface area contributed by atoms with Crippen LogP contribution in [0.15, 0.2) is 24.3 Å². The second-order valence-corrected chi connectivity index (χ2v) is 4.08. The number of carbonyl (C=O) groups is 1. The summed E-state index contributed by atoms with van der Waals surface area (Å²) in [6.45, 7) is 6.90. The lowest BCUT2D eigenvalue weighted by Crippen LogP contribution is -2.16. The third-order valence-corrected chi connectivity index (χ3v) is 1.94. The molecule has 0 heterocycles. The van der Waals surface area contributed by atoms with Crippen LogP contribution in [0.3, 0.4) is 0 Å². The summed E-state index contributed by atoms with van der Waals surface area (Å²) in [6, 6.07) is 7.22. The summed E-state index contributed by atoms with van der Waals surface area (Å²) in [7, 11) is 0. The maximum Gasteiger partial charge on any atom is 0.411 e. The Balaban J connectivity index is 2.50. The van der Waals surface area contributed by atoms with E-state index in [0.717, 1.165) is 5.75 Å². The Kier molecular flexibility index (Phi) is 5.33. The molecule has 0 aliphatic heterocycles. The highest BCUT2D eigenvalue weighted by atomic mass is 16.5. The van der Waals surface area contributed by atoms with Crippen LogP contribution in [0.5, 0.6) is 5.75 Å². The molecule has 94 valence electrons. The normalized spacial score (nSPS) is 10.1. The molecule has 1 aromatic carbocycles. The average Bonchev–Trinajstić information content (AvgIpc) is 2.27. The summed E-state index contributed by atoms with van der Waals surface area (Å²) in [5.74, 6) is 1.06. The van der Waals surface area contributed by atoms with Crippen molar-refractivity contribution in [2.45, 2.75) is 20.8 Å². The van der Waals surface area contributed by atoms with Crippen LogP contribution in [-0.2, 0) is 4.74 Å². The lowest BCUT2D eigenvalue weighted by Gasteiger charge is -2.09. The summed E-state index contributed by atoms with van der Waals surface area (Å²) in [6.07, 6.45) is -0.438. The first-order valence-corrected chi connectivity index (χ1v) is 5.78. The predicted molar refractivity (Wildman–Crippen MR) is 67.4 cm³/mol. The summed E-state index contributed by atoms with van der Waals surface area (Å²) >= 11 is 0. The van der Waals surface area contributed by atoms with E-state index in [9.17, 15) is 4.79 Å². The van der Waals surface area contributed by atoms with Gasteiger partial charge in [0.25, 0.3) is 0 Å². The maximum atomic E-state index is 11.4. The van der Waals surface area contributed by atoms with Crippen molar-refractivity contribution in [1.82, 2.24) is 0 Å². The van der Waals surface area contributed by atoms with E-state index >= 15 is 0 Å². The fourth-order valence-corrected chi connectivity index (χ4v) is 1.23. The molecule has 4 nitrogen and oxygen atoms in total. The standard InChI is InChI=1S/C13H19NO3/c1-4-16-12-7-5-6-11(8-12)14-13(15)17-9-10(2)3/h5-8,10H,4,9H2,1-3H3,(H,14,15). The first-order chi connectivity index (χ1) is 8.11. The highest BCUT2D eigenvalue weighted by Gasteiger charge is 2.05. The van der Waals surface area contributed by atoms with Gasteiger partial charge in [0.2, 0.25) is 0 Å². The van der Waals surface area contributed by atoms with Gasteiger partial charge in [-0.25, -0.2) is 4.79 Å². The third-order valence-electron chi connectivity index (χ3n) is 1.94. The van der Waals surface area contributed by atoms with E-state index < -0.39 is 6.09 Å². The van der Waals surface area contributed by atoms with E-state index in [1.54, 1.807) is 12.1 Å². The predicted octanol–water partition coefficient (Wildman–Crippen LogP) is 3.29. The molecule has 4 heteroatoms. The van der Waals surface area contributed by atoms with Gasteiger partial charge < -0.3 is 9.47 Å². The van der Waals surface area contributed by atoms with E-state index in [-0.39, 0.29) is 0 Å². The number of ether oxygens (including phenoxy) is 2. The summed E-state index contributed by atoms with van der Waals surface area (Å²) in [5.41, 5.74) is 0.671. The third kappa shape index (κ3) is 5.24. The van der Waals surface area contributed by atoms with Crippen LogP contribution in [0.25, 0.3) is 0 Å². The average molecular weight is 237 g/mol. The number of anilines is 1. The van der Waals surface area contributed by atoms with Gasteiger partial charge in [0.1, 0.15) is 5.75 Å². The van der Waals surface area contributed by atoms with Gasteiger partial charge in [0, 0.05) is 11.8 Å². The number of carbonyl (C=O) groups excluding carboxylic acids is 1. The van der Waals surface area contributed by atoms with Crippen LogP contribution in [0.2, 0.25) is 0 Å². The highest BCUT2D eigenvalue weighted by molar-refractivity contribution is 5.84. The van der Waals surface area contributed by atoms with Gasteiger partial charge in [-0.2, -0.15) is 0 Å². The number of benzene rings is 1. The topological polar surface area (TPSA) is 47.6 Å². The number of nitrogens with one attached hydrogen (secondary N) is 1. The molecule has 0 aliphatic carbocycles. The van der Waals surface area contributed by atoms with Crippen molar-refractivity contribution in [3.8, 4) is 5.75 Å². The molecule has 0 unspecified atom stereocenters. The van der Waals surface area contributed by atoms with Crippen molar-refractivity contribution in [3.05, 3.63) is 24.3 Å². The van der Waals surface area contributed by atoms with Gasteiger partial charge >= 0.3 is 6.09 Å². The van der Waals surface area contributed by atoms with E-state index in [1.807, 2.05) is 32.9 Å². The fraction of sp³-hybridized carbons (Fsp3) is 0.462. The summed E-state index contributed by atoms with van der Waals surface area (Å²) < 4.78 is 10.4. The molecule has 0 fully saturated rings. The Morgan fingerprint density at radius 3 is 2.82 bits per heavy atom. The molecule has 0 aromatic heterocycles. The summed E-state index contributed by atoms with van der Waals surface area (Å²) in [4.78, 5) is 11.4. The zero-order valence-electron chi connectivity index (χ0n) is 10.5. The molecule has 1 N–H and O–H groups in total. The molecule has 0 aliphatic rings. The molecule has 1 amide bonds. The van der Waals surface area contributed by atoms with Gasteiger partial charge in [-0.1, -0.05) is 19.9 Å². The quantitative estimate of drug-likeness (QED) is 0.854. The van der Waals surface area contributed by atoms with Crippen LogP contribution in [0.4, 0.5) is 10.5 Å². The van der Waals surface area contributed by atoms with E-state index in [0.29, 0.717) is 24.8 Å². The number of rotatable bonds is 5. The molecule has 0 spiro atoms. The SMILES string of the molecule is CCOc1cccc(NC(=O)OCC(C)C)c1. The van der Waals surface area contributed by atoms with Crippen molar-refractivity contribution in [3.63, 3.8) is 0 Å². The van der Waals surface area contributed by atoms with Crippen LogP contribution in [0, 0.1) is 5.92 Å². The molecule has 0 saturated carbocycles. The van der Waals surface area contributed by atoms with Gasteiger partial charge in [0.15, 0.2) is 0 Å². The van der Waals surface area contributed by atoms with E-state index in [2.05, 4.69) is 5.32 Å². The van der Waals surface area contributed by atoms with Gasteiger partial charge in [0.05, 0.1) is 13.2 Å². The van der Waals surface area contributed by atoms with Crippen LogP contribution in [0.1, 0.15) is 20.8 Å². The zero-order valence-corrected chi connectivity index (χ0v) is 10.5. The van der Waals surface area contributed by atoms with Gasteiger partial charge in [-0.15, -0.1) is 0 Å². The molecule has 17 heavy (non-hydrogen) atoms. The number of amides is 1. The van der Waals surface area contributed by atoms with Crippen LogP contribution < -0.4 is 10.1 Å². The van der Waals surface area contributed by atoms with E-state index in [1.165, 1.54) is 0 Å². The lowest BCUT2D eigenvalue weighted by molar-refractivity contribution is 0.147. The lowest BCUT2D eigenvalue weighted by atomic mass is 10.2. The van der Waals surface area contributed by atoms with Crippen LogP contribution in [-0.4, -0.2) is 19.3 Å². The first kappa shape index (κ1) is 13.4. The Hall–Kier alpha value is -1.71. The molecular weight excluding hydrogens is 218 g/mol. The van der Waals surface area contributed by atoms with Crippen molar-refractivity contribution in [2.24, 2.45) is 5.92 Å². The van der Waals surface area contributed by atoms with Crippen molar-refractivity contribution < 1.29 is 14.3 Å². The van der Waals surface area contributed by atoms with Crippen molar-refractivity contribution in [2.75, 3.05) is 18.5 Å². The Bertz CT molecular complexity index is 363. The first-order valence-electron chi connectivity index (χ1n) is 5.78. The highest BCUT2D eigenvalue weighted by Crippen LogP contribution is 2.17. The Morgan fingerprint density at radius 2 is 2.18 bits per heavy atom. The summed E-state index contributed by atoms with van der Waals surface area (Å²) in [5, 5.41) is 2.65. The molecular formula is C13H19NO3. The monoisotopic (exact) mass is 237 g/mol. The van der Waals surface area contributed by atoms with Gasteiger partial charge in [-0.05, 0) is 25.0 Å². The minimum Gasteiger partial charge on any atom is -0.494 e. The molecule has 0 bridgehead atoms. The smallest absolute Gasteiger partial charge is 0.411 e. The maximum absolute atomic E-state index is 11.4. The fourth-order valence-electron chi connectivity index (χ4n) is 1.23. The van der Waals surface area contributed by atoms with Crippen molar-refractivity contribution in [1.29, 1.82) is 0 Å². The second-order valence-electron chi connectivity index (χ2n) is 4.08. The molecule has 0 saturated heterocycles.